The Hall–Kier alpha value is -1.83. The molecule has 0 radical (unpaired) electrons. The maximum absolute atomic E-state index is 12.9. The highest BCUT2D eigenvalue weighted by Crippen LogP contribution is 2.36. The number of carbonyl (C=O) groups excluding carboxylic acids is 3. The van der Waals surface area contributed by atoms with Crippen molar-refractivity contribution in [1.29, 1.82) is 0 Å². The Labute approximate surface area is 136 Å². The quantitative estimate of drug-likeness (QED) is 0.202. The van der Waals surface area contributed by atoms with Gasteiger partial charge in [-0.3, -0.25) is 14.1 Å². The van der Waals surface area contributed by atoms with Crippen LogP contribution >= 0.6 is 0 Å². The monoisotopic (exact) mass is 366 g/mol. The van der Waals surface area contributed by atoms with Gasteiger partial charge in [0.25, 0.3) is 5.91 Å². The second kappa shape index (κ2) is 5.61. The van der Waals surface area contributed by atoms with E-state index in [1.165, 1.54) is 0 Å². The normalized spacial score (nSPS) is 32.0. The minimum Gasteiger partial charge on any atom is -0.309 e. The number of alkyl halides is 1. The van der Waals surface area contributed by atoms with E-state index < -0.39 is 52.4 Å². The minimum atomic E-state index is -4.89. The number of hydrogen-bond acceptors (Lipinski definition) is 7. The topological polar surface area (TPSA) is 151 Å². The Bertz CT molecular complexity index is 700. The molecule has 1 aliphatic carbocycles. The first kappa shape index (κ1) is 17.0. The number of halogens is 1. The number of rotatable bonds is 4. The minimum absolute atomic E-state index is 0.00514. The van der Waals surface area contributed by atoms with Crippen molar-refractivity contribution in [1.82, 2.24) is 15.0 Å². The molecule has 2 heterocycles. The van der Waals surface area contributed by atoms with Crippen LogP contribution in [0.1, 0.15) is 19.3 Å². The van der Waals surface area contributed by atoms with Crippen molar-refractivity contribution < 1.29 is 36.0 Å². The van der Waals surface area contributed by atoms with Gasteiger partial charge in [0.15, 0.2) is 0 Å². The van der Waals surface area contributed by atoms with E-state index in [0.29, 0.717) is 10.1 Å². The Morgan fingerprint density at radius 1 is 1.33 bits per heavy atom. The van der Waals surface area contributed by atoms with Crippen molar-refractivity contribution in [2.75, 3.05) is 6.54 Å². The van der Waals surface area contributed by atoms with Gasteiger partial charge in [0.1, 0.15) is 12.2 Å². The lowest BCUT2D eigenvalue weighted by molar-refractivity contribution is -0.149. The van der Waals surface area contributed by atoms with Crippen molar-refractivity contribution in [3.63, 3.8) is 0 Å². The summed E-state index contributed by atoms with van der Waals surface area (Å²) >= 11 is 0. The van der Waals surface area contributed by atoms with Crippen LogP contribution in [0.25, 0.3) is 0 Å². The van der Waals surface area contributed by atoms with Gasteiger partial charge in [0.2, 0.25) is 5.91 Å². The predicted octanol–water partition coefficient (Wildman–Crippen LogP) is -1.42. The lowest BCUT2D eigenvalue weighted by Crippen LogP contribution is -2.55. The molecule has 4 atom stereocenters. The molecule has 2 saturated heterocycles. The van der Waals surface area contributed by atoms with Gasteiger partial charge in [0, 0.05) is 6.54 Å². The Balaban J connectivity index is 1.71. The molecule has 13 heteroatoms. The van der Waals surface area contributed by atoms with E-state index in [1.54, 1.807) is 0 Å². The molecule has 0 spiro atoms. The van der Waals surface area contributed by atoms with Crippen molar-refractivity contribution in [2.24, 2.45) is 11.8 Å². The predicted molar refractivity (Wildman–Crippen MR) is 72.4 cm³/mol. The summed E-state index contributed by atoms with van der Waals surface area (Å²) in [5.74, 6) is 2.79. The number of nitrogens with two attached hydrogens (primary N) is 1. The van der Waals surface area contributed by atoms with Gasteiger partial charge in [-0.05, 0) is 19.3 Å². The summed E-state index contributed by atoms with van der Waals surface area (Å²) in [5, 5.41) is 0.790. The highest BCUT2D eigenvalue weighted by Gasteiger charge is 2.52. The summed E-state index contributed by atoms with van der Waals surface area (Å²) in [6, 6.07) is -2.69. The fraction of sp³-hybridized carbons (Fsp3) is 0.727. The van der Waals surface area contributed by atoms with Crippen LogP contribution in [0, 0.1) is 5.92 Å². The van der Waals surface area contributed by atoms with Gasteiger partial charge in [-0.2, -0.15) is 13.5 Å². The molecule has 3 fully saturated rings. The zero-order chi connectivity index (χ0) is 17.8. The standard InChI is InChI=1S/C11H15FN4O7S/c12-7-3-6(7)9(17)15(13)10(18)8-2-1-5-4-14(8)11(19)16(5)23-24(20,21)22/h5-8H,1-4,13H2,(H,20,21,22)/t5-,6?,7?,8+/m1/s1. The number of hydroxylamine groups is 2. The summed E-state index contributed by atoms with van der Waals surface area (Å²) < 4.78 is 47.4. The molecule has 134 valence electrons. The molecule has 2 unspecified atom stereocenters. The first-order valence-corrected chi connectivity index (χ1v) is 8.50. The van der Waals surface area contributed by atoms with Crippen LogP contribution in [0.3, 0.4) is 0 Å². The Morgan fingerprint density at radius 2 is 1.96 bits per heavy atom. The molecular weight excluding hydrogens is 351 g/mol. The second-order valence-corrected chi connectivity index (χ2v) is 6.92. The third kappa shape index (κ3) is 2.94. The average Bonchev–Trinajstić information content (AvgIpc) is 3.20. The largest absolute Gasteiger partial charge is 0.418 e. The van der Waals surface area contributed by atoms with Crippen LogP contribution < -0.4 is 5.84 Å². The van der Waals surface area contributed by atoms with E-state index >= 15 is 0 Å². The molecule has 2 bridgehead atoms. The fourth-order valence-electron chi connectivity index (χ4n) is 2.96. The second-order valence-electron chi connectivity index (χ2n) is 5.91. The van der Waals surface area contributed by atoms with E-state index in [-0.39, 0.29) is 25.8 Å². The number of urea groups is 1. The highest BCUT2D eigenvalue weighted by molar-refractivity contribution is 7.80. The van der Waals surface area contributed by atoms with Crippen molar-refractivity contribution in [3.8, 4) is 0 Å². The van der Waals surface area contributed by atoms with Crippen LogP contribution in [0.4, 0.5) is 9.18 Å². The van der Waals surface area contributed by atoms with Crippen molar-refractivity contribution in [3.05, 3.63) is 0 Å². The van der Waals surface area contributed by atoms with Crippen LogP contribution in [-0.4, -0.2) is 70.6 Å². The molecule has 1 saturated carbocycles. The average molecular weight is 366 g/mol. The fourth-order valence-corrected chi connectivity index (χ4v) is 3.34. The Kier molecular flexibility index (Phi) is 3.98. The van der Waals surface area contributed by atoms with E-state index in [2.05, 4.69) is 4.28 Å². The number of imide groups is 1. The molecule has 0 aromatic heterocycles. The molecule has 3 N–H and O–H groups in total. The van der Waals surface area contributed by atoms with Gasteiger partial charge in [-0.15, -0.1) is 4.28 Å². The summed E-state index contributed by atoms with van der Waals surface area (Å²) in [6.07, 6.45) is -0.999. The number of nitrogens with zero attached hydrogens (tertiary/aromatic N) is 3. The number of hydrazine groups is 1. The van der Waals surface area contributed by atoms with Crippen LogP contribution in [0.15, 0.2) is 0 Å². The highest BCUT2D eigenvalue weighted by atomic mass is 32.3. The molecule has 0 aromatic rings. The van der Waals surface area contributed by atoms with E-state index in [0.717, 1.165) is 4.90 Å². The van der Waals surface area contributed by atoms with Crippen molar-refractivity contribution >= 4 is 28.2 Å². The first-order valence-electron chi connectivity index (χ1n) is 7.13. The first-order chi connectivity index (χ1) is 11.1. The zero-order valence-electron chi connectivity index (χ0n) is 12.2. The lowest BCUT2D eigenvalue weighted by atomic mass is 10.00. The molecule has 3 aliphatic rings. The summed E-state index contributed by atoms with van der Waals surface area (Å²) in [5.41, 5.74) is 0. The van der Waals surface area contributed by atoms with Gasteiger partial charge in [-0.1, -0.05) is 0 Å². The van der Waals surface area contributed by atoms with E-state index in [1.807, 2.05) is 0 Å². The molecule has 11 nitrogen and oxygen atoms in total. The molecular formula is C11H15FN4O7S. The van der Waals surface area contributed by atoms with E-state index in [9.17, 15) is 27.2 Å². The number of hydrogen-bond donors (Lipinski definition) is 2. The SMILES string of the molecule is NN(C(=O)C1CC1F)C(=O)[C@@H]1CC[C@@H]2CN1C(=O)N2OS(=O)(=O)O. The third-order valence-electron chi connectivity index (χ3n) is 4.29. The van der Waals surface area contributed by atoms with Gasteiger partial charge in [0.05, 0.1) is 12.0 Å². The summed E-state index contributed by atoms with van der Waals surface area (Å²) in [6.45, 7) is -0.0258. The smallest absolute Gasteiger partial charge is 0.309 e. The summed E-state index contributed by atoms with van der Waals surface area (Å²) in [7, 11) is -4.89. The van der Waals surface area contributed by atoms with Gasteiger partial charge < -0.3 is 4.90 Å². The van der Waals surface area contributed by atoms with Gasteiger partial charge >= 0.3 is 16.4 Å². The zero-order valence-corrected chi connectivity index (χ0v) is 13.1. The number of carbonyl (C=O) groups is 3. The molecule has 2 aliphatic heterocycles. The Morgan fingerprint density at radius 3 is 2.50 bits per heavy atom. The summed E-state index contributed by atoms with van der Waals surface area (Å²) in [4.78, 5) is 37.3. The van der Waals surface area contributed by atoms with Crippen LogP contribution in [0.5, 0.6) is 0 Å². The number of amides is 4. The molecule has 24 heavy (non-hydrogen) atoms. The number of piperidine rings is 1. The maximum Gasteiger partial charge on any atom is 0.418 e. The third-order valence-corrected chi connectivity index (χ3v) is 4.64. The number of fused-ring (bicyclic) bond motifs is 2. The van der Waals surface area contributed by atoms with E-state index in [4.69, 9.17) is 10.4 Å². The molecule has 3 rings (SSSR count). The van der Waals surface area contributed by atoms with Crippen LogP contribution in [0.2, 0.25) is 0 Å². The van der Waals surface area contributed by atoms with Crippen LogP contribution in [-0.2, 0) is 24.3 Å². The van der Waals surface area contributed by atoms with Crippen molar-refractivity contribution in [2.45, 2.75) is 37.5 Å². The molecule has 4 amide bonds. The van der Waals surface area contributed by atoms with Gasteiger partial charge in [-0.25, -0.2) is 20.0 Å². The lowest BCUT2D eigenvalue weighted by Gasteiger charge is -2.31. The molecule has 0 aromatic carbocycles. The maximum atomic E-state index is 12.9.